The summed E-state index contributed by atoms with van der Waals surface area (Å²) < 4.78 is 5.81. The summed E-state index contributed by atoms with van der Waals surface area (Å²) in [5, 5.41) is 3.80. The van der Waals surface area contributed by atoms with Crippen LogP contribution in [0, 0.1) is 6.92 Å². The maximum atomic E-state index is 12.1. The van der Waals surface area contributed by atoms with Crippen molar-refractivity contribution in [1.29, 1.82) is 0 Å². The molecule has 2 aliphatic rings. The number of para-hydroxylation sites is 1. The molecular formula is C17H19N3O3. The molecule has 1 atom stereocenters. The van der Waals surface area contributed by atoms with Crippen LogP contribution in [0.15, 0.2) is 28.7 Å². The number of amides is 2. The average molecular weight is 313 g/mol. The van der Waals surface area contributed by atoms with Gasteiger partial charge in [-0.15, -0.1) is 0 Å². The van der Waals surface area contributed by atoms with Crippen molar-refractivity contribution in [2.75, 3.05) is 26.2 Å². The van der Waals surface area contributed by atoms with E-state index in [0.717, 1.165) is 35.4 Å². The highest BCUT2D eigenvalue weighted by Gasteiger charge is 2.38. The van der Waals surface area contributed by atoms with Gasteiger partial charge in [0.25, 0.3) is 0 Å². The van der Waals surface area contributed by atoms with Crippen molar-refractivity contribution >= 4 is 22.8 Å². The predicted molar refractivity (Wildman–Crippen MR) is 84.7 cm³/mol. The molecule has 0 spiro atoms. The summed E-state index contributed by atoms with van der Waals surface area (Å²) in [7, 11) is 0. The van der Waals surface area contributed by atoms with Crippen molar-refractivity contribution in [2.24, 2.45) is 0 Å². The molecule has 1 aromatic heterocycles. The Bertz CT molecular complexity index is 782. The molecule has 2 aliphatic heterocycles. The third kappa shape index (κ3) is 2.39. The van der Waals surface area contributed by atoms with Crippen molar-refractivity contribution in [2.45, 2.75) is 19.5 Å². The third-order valence-electron chi connectivity index (χ3n) is 4.78. The number of furan rings is 1. The first-order valence-electron chi connectivity index (χ1n) is 7.90. The van der Waals surface area contributed by atoms with Gasteiger partial charge in [0, 0.05) is 37.1 Å². The molecule has 0 radical (unpaired) electrons. The zero-order valence-corrected chi connectivity index (χ0v) is 13.0. The second-order valence-corrected chi connectivity index (χ2v) is 6.19. The summed E-state index contributed by atoms with van der Waals surface area (Å²) in [5.74, 6) is 0.875. The van der Waals surface area contributed by atoms with Gasteiger partial charge in [0.05, 0.1) is 6.54 Å². The lowest BCUT2D eigenvalue weighted by molar-refractivity contribution is -0.149. The van der Waals surface area contributed by atoms with Gasteiger partial charge in [-0.3, -0.25) is 14.5 Å². The van der Waals surface area contributed by atoms with E-state index < -0.39 is 0 Å². The van der Waals surface area contributed by atoms with Crippen molar-refractivity contribution in [3.8, 4) is 0 Å². The minimum Gasteiger partial charge on any atom is -0.461 e. The zero-order chi connectivity index (χ0) is 16.0. The summed E-state index contributed by atoms with van der Waals surface area (Å²) in [6.45, 7) is 4.77. The second kappa shape index (κ2) is 5.38. The van der Waals surface area contributed by atoms with E-state index in [-0.39, 0.29) is 24.4 Å². The summed E-state index contributed by atoms with van der Waals surface area (Å²) in [6.07, 6.45) is 0. The second-order valence-electron chi connectivity index (χ2n) is 6.19. The van der Waals surface area contributed by atoms with Crippen LogP contribution in [0.2, 0.25) is 0 Å². The molecule has 0 saturated carbocycles. The fraction of sp³-hybridized carbons (Fsp3) is 0.412. The zero-order valence-electron chi connectivity index (χ0n) is 13.0. The number of nitrogens with zero attached hydrogens (tertiary/aromatic N) is 2. The van der Waals surface area contributed by atoms with E-state index in [1.165, 1.54) is 0 Å². The van der Waals surface area contributed by atoms with Gasteiger partial charge in [0.1, 0.15) is 17.4 Å². The Morgan fingerprint density at radius 3 is 2.96 bits per heavy atom. The lowest BCUT2D eigenvalue weighted by atomic mass is 10.1. The number of aryl methyl sites for hydroxylation is 1. The number of carbonyl (C=O) groups excluding carboxylic acids is 2. The van der Waals surface area contributed by atoms with Gasteiger partial charge in [0.2, 0.25) is 11.8 Å². The van der Waals surface area contributed by atoms with Crippen LogP contribution in [0.1, 0.15) is 11.3 Å². The standard InChI is InChI=1S/C17H19N3O3/c1-11-13(12-4-2-3-5-15(12)23-11)9-19-6-7-20-14(10-19)17(22)18-8-16(20)21/h2-5,14H,6-10H2,1H3,(H,18,22). The van der Waals surface area contributed by atoms with Crippen molar-refractivity contribution < 1.29 is 14.0 Å². The smallest absolute Gasteiger partial charge is 0.244 e. The van der Waals surface area contributed by atoms with E-state index in [9.17, 15) is 9.59 Å². The van der Waals surface area contributed by atoms with Crippen LogP contribution in [-0.2, 0) is 16.1 Å². The normalized spacial score (nSPS) is 22.3. The van der Waals surface area contributed by atoms with Crippen LogP contribution in [0.5, 0.6) is 0 Å². The van der Waals surface area contributed by atoms with Crippen LogP contribution >= 0.6 is 0 Å². The Kier molecular flexibility index (Phi) is 3.34. The van der Waals surface area contributed by atoms with E-state index in [4.69, 9.17) is 4.42 Å². The lowest BCUT2D eigenvalue weighted by Gasteiger charge is -2.42. The minimum absolute atomic E-state index is 0.0131. The van der Waals surface area contributed by atoms with Gasteiger partial charge in [-0.05, 0) is 13.0 Å². The molecule has 2 amide bonds. The van der Waals surface area contributed by atoms with Gasteiger partial charge in [-0.1, -0.05) is 18.2 Å². The number of hydrogen-bond donors (Lipinski definition) is 1. The third-order valence-corrected chi connectivity index (χ3v) is 4.78. The average Bonchev–Trinajstić information content (AvgIpc) is 2.87. The maximum absolute atomic E-state index is 12.1. The van der Waals surface area contributed by atoms with E-state index in [1.807, 2.05) is 25.1 Å². The minimum atomic E-state index is -0.372. The summed E-state index contributed by atoms with van der Waals surface area (Å²) >= 11 is 0. The Morgan fingerprint density at radius 2 is 2.09 bits per heavy atom. The molecule has 6 nitrogen and oxygen atoms in total. The molecule has 120 valence electrons. The van der Waals surface area contributed by atoms with Gasteiger partial charge >= 0.3 is 0 Å². The number of carbonyl (C=O) groups is 2. The van der Waals surface area contributed by atoms with Crippen LogP contribution in [0.3, 0.4) is 0 Å². The molecular weight excluding hydrogens is 294 g/mol. The molecule has 6 heteroatoms. The highest BCUT2D eigenvalue weighted by Crippen LogP contribution is 2.27. The van der Waals surface area contributed by atoms with Crippen LogP contribution in [0.4, 0.5) is 0 Å². The number of nitrogens with one attached hydrogen (secondary N) is 1. The van der Waals surface area contributed by atoms with Gasteiger partial charge < -0.3 is 14.6 Å². The molecule has 0 aliphatic carbocycles. The number of piperazine rings is 2. The Morgan fingerprint density at radius 1 is 1.26 bits per heavy atom. The van der Waals surface area contributed by atoms with Crippen LogP contribution in [0.25, 0.3) is 11.0 Å². The predicted octanol–water partition coefficient (Wildman–Crippen LogP) is 0.884. The molecule has 1 aromatic carbocycles. The van der Waals surface area contributed by atoms with Crippen molar-refractivity contribution in [3.05, 3.63) is 35.6 Å². The van der Waals surface area contributed by atoms with Crippen molar-refractivity contribution in [1.82, 2.24) is 15.1 Å². The van der Waals surface area contributed by atoms with E-state index in [1.54, 1.807) is 4.90 Å². The monoisotopic (exact) mass is 313 g/mol. The summed E-state index contributed by atoms with van der Waals surface area (Å²) in [6, 6.07) is 7.63. The van der Waals surface area contributed by atoms with Gasteiger partial charge in [-0.2, -0.15) is 0 Å². The van der Waals surface area contributed by atoms with Gasteiger partial charge in [-0.25, -0.2) is 0 Å². The first-order valence-corrected chi connectivity index (χ1v) is 7.90. The molecule has 4 rings (SSSR count). The van der Waals surface area contributed by atoms with Gasteiger partial charge in [0.15, 0.2) is 0 Å². The number of hydrogen-bond acceptors (Lipinski definition) is 4. The molecule has 1 N–H and O–H groups in total. The summed E-state index contributed by atoms with van der Waals surface area (Å²) in [5.41, 5.74) is 2.06. The molecule has 0 bridgehead atoms. The SMILES string of the molecule is Cc1oc2ccccc2c1CN1CCN2C(=O)CNC(=O)C2C1. The Labute approximate surface area is 134 Å². The van der Waals surface area contributed by atoms with E-state index >= 15 is 0 Å². The first-order chi connectivity index (χ1) is 11.1. The quantitative estimate of drug-likeness (QED) is 0.894. The lowest BCUT2D eigenvalue weighted by Crippen LogP contribution is -2.65. The number of benzene rings is 1. The molecule has 2 aromatic rings. The first kappa shape index (κ1) is 14.3. The van der Waals surface area contributed by atoms with Crippen molar-refractivity contribution in [3.63, 3.8) is 0 Å². The largest absolute Gasteiger partial charge is 0.461 e. The maximum Gasteiger partial charge on any atom is 0.244 e. The fourth-order valence-electron chi connectivity index (χ4n) is 3.53. The highest BCUT2D eigenvalue weighted by molar-refractivity contribution is 5.95. The molecule has 3 heterocycles. The number of rotatable bonds is 2. The Balaban J connectivity index is 1.56. The Hall–Kier alpha value is -2.34. The van der Waals surface area contributed by atoms with Crippen LogP contribution in [-0.4, -0.2) is 53.8 Å². The molecule has 23 heavy (non-hydrogen) atoms. The van der Waals surface area contributed by atoms with E-state index in [2.05, 4.69) is 16.3 Å². The van der Waals surface area contributed by atoms with Crippen LogP contribution < -0.4 is 5.32 Å². The molecule has 2 saturated heterocycles. The number of fused-ring (bicyclic) bond motifs is 2. The molecule has 1 unspecified atom stereocenters. The fourth-order valence-corrected chi connectivity index (χ4v) is 3.53. The highest BCUT2D eigenvalue weighted by atomic mass is 16.3. The van der Waals surface area contributed by atoms with E-state index in [0.29, 0.717) is 13.1 Å². The topological polar surface area (TPSA) is 65.8 Å². The molecule has 2 fully saturated rings. The summed E-state index contributed by atoms with van der Waals surface area (Å²) in [4.78, 5) is 27.9.